The van der Waals surface area contributed by atoms with Crippen LogP contribution in [0.5, 0.6) is 0 Å². The smallest absolute Gasteiger partial charge is 0.306 e. The highest BCUT2D eigenvalue weighted by atomic mass is 16.6. The molecule has 0 N–H and O–H groups in total. The van der Waals surface area contributed by atoms with E-state index in [-0.39, 0.29) is 37.5 Å². The minimum absolute atomic E-state index is 0.105. The molecule has 0 heterocycles. The molecule has 0 amide bonds. The fourth-order valence-corrected chi connectivity index (χ4v) is 8.13. The summed E-state index contributed by atoms with van der Waals surface area (Å²) in [7, 11) is 0. The minimum Gasteiger partial charge on any atom is -0.462 e. The summed E-state index contributed by atoms with van der Waals surface area (Å²) in [5.74, 6) is -0.987. The molecule has 0 spiro atoms. The summed E-state index contributed by atoms with van der Waals surface area (Å²) in [5, 5.41) is 0. The van der Waals surface area contributed by atoms with Crippen molar-refractivity contribution < 1.29 is 28.6 Å². The average Bonchev–Trinajstić information content (AvgIpc) is 3.34. The monoisotopic (exact) mass is 949 g/mol. The van der Waals surface area contributed by atoms with Gasteiger partial charge in [0.25, 0.3) is 0 Å². The van der Waals surface area contributed by atoms with Gasteiger partial charge in [-0.25, -0.2) is 0 Å². The van der Waals surface area contributed by atoms with Crippen molar-refractivity contribution in [3.8, 4) is 0 Å². The molecule has 0 aliphatic carbocycles. The predicted octanol–water partition coefficient (Wildman–Crippen LogP) is 19.4. The van der Waals surface area contributed by atoms with Crippen molar-refractivity contribution in [1.29, 1.82) is 0 Å². The molecule has 0 saturated heterocycles. The van der Waals surface area contributed by atoms with Crippen LogP contribution in [-0.2, 0) is 28.6 Å². The van der Waals surface area contributed by atoms with Gasteiger partial charge in [-0.2, -0.15) is 0 Å². The van der Waals surface area contributed by atoms with Crippen LogP contribution in [0.25, 0.3) is 0 Å². The first-order valence-electron chi connectivity index (χ1n) is 28.9. The summed E-state index contributed by atoms with van der Waals surface area (Å²) in [6.45, 7) is 6.48. The fourth-order valence-electron chi connectivity index (χ4n) is 8.13. The zero-order valence-corrected chi connectivity index (χ0v) is 44.9. The third-order valence-corrected chi connectivity index (χ3v) is 12.5. The standard InChI is InChI=1S/C62H108O6/c1-4-7-10-13-16-19-22-25-28-31-32-35-37-40-43-46-49-52-55-61(64)67-58-59(68-62(65)56-53-50-47-44-41-38-34-30-27-24-21-18-15-12-9-6-3)57-66-60(63)54-51-48-45-42-39-36-33-29-26-23-20-17-14-11-8-5-2/h9,12,18,21,27,29-30,33,38,41,47,50,59H,4-8,10-11,13-17,19-20,22-26,28,31-32,34-37,39-40,42-46,48-49,51-58H2,1-3H3/b12-9-,21-18-,30-27-,33-29-,41-38-,50-47-. The predicted molar refractivity (Wildman–Crippen MR) is 293 cm³/mol. The Bertz CT molecular complexity index is 1270. The van der Waals surface area contributed by atoms with Crippen molar-refractivity contribution in [2.45, 2.75) is 290 Å². The number of carbonyl (C=O) groups is 3. The lowest BCUT2D eigenvalue weighted by molar-refractivity contribution is -0.166. The van der Waals surface area contributed by atoms with Gasteiger partial charge < -0.3 is 14.2 Å². The maximum atomic E-state index is 12.8. The number of hydrogen-bond donors (Lipinski definition) is 0. The van der Waals surface area contributed by atoms with Crippen LogP contribution in [0, 0.1) is 0 Å². The molecule has 6 nitrogen and oxygen atoms in total. The van der Waals surface area contributed by atoms with Gasteiger partial charge in [-0.1, -0.05) is 261 Å². The molecule has 0 aromatic heterocycles. The Morgan fingerprint density at radius 2 is 0.603 bits per heavy atom. The first-order chi connectivity index (χ1) is 33.5. The van der Waals surface area contributed by atoms with Crippen molar-refractivity contribution in [2.24, 2.45) is 0 Å². The van der Waals surface area contributed by atoms with Crippen LogP contribution in [0.1, 0.15) is 284 Å². The third-order valence-electron chi connectivity index (χ3n) is 12.5. The number of carbonyl (C=O) groups excluding carboxylic acids is 3. The maximum Gasteiger partial charge on any atom is 0.306 e. The largest absolute Gasteiger partial charge is 0.462 e. The Labute approximate surface area is 421 Å². The van der Waals surface area contributed by atoms with Crippen molar-refractivity contribution in [3.05, 3.63) is 72.9 Å². The number of hydrogen-bond acceptors (Lipinski definition) is 6. The zero-order valence-electron chi connectivity index (χ0n) is 44.9. The lowest BCUT2D eigenvalue weighted by Gasteiger charge is -2.18. The minimum atomic E-state index is -0.817. The van der Waals surface area contributed by atoms with Crippen molar-refractivity contribution in [2.75, 3.05) is 13.2 Å². The van der Waals surface area contributed by atoms with Crippen LogP contribution in [0.3, 0.4) is 0 Å². The molecule has 0 aliphatic rings. The molecule has 0 aromatic carbocycles. The van der Waals surface area contributed by atoms with Gasteiger partial charge in [-0.3, -0.25) is 14.4 Å². The Hall–Kier alpha value is -3.15. The van der Waals surface area contributed by atoms with E-state index >= 15 is 0 Å². The van der Waals surface area contributed by atoms with Crippen LogP contribution in [0.15, 0.2) is 72.9 Å². The first kappa shape index (κ1) is 64.8. The van der Waals surface area contributed by atoms with Crippen molar-refractivity contribution >= 4 is 17.9 Å². The number of rotatable bonds is 52. The molecule has 0 aromatic rings. The molecule has 0 saturated carbocycles. The SMILES string of the molecule is CC/C=C\C/C=C\C/C=C\C/C=C\C/C=C\CCC(=O)OC(COC(=O)CCCCCCC/C=C\CCCCCCCCC)COC(=O)CCCCCCCCCCCCCCCCCCCC. The second kappa shape index (κ2) is 56.4. The molecular formula is C62H108O6. The Morgan fingerprint density at radius 3 is 0.956 bits per heavy atom. The number of ether oxygens (including phenoxy) is 3. The fraction of sp³-hybridized carbons (Fsp3) is 0.758. The molecule has 6 heteroatoms. The molecule has 1 unspecified atom stereocenters. The Balaban J connectivity index is 4.45. The summed E-state index contributed by atoms with van der Waals surface area (Å²) in [4.78, 5) is 38.1. The lowest BCUT2D eigenvalue weighted by atomic mass is 10.0. The van der Waals surface area contributed by atoms with E-state index in [1.807, 2.05) is 6.08 Å². The topological polar surface area (TPSA) is 78.9 Å². The molecule has 68 heavy (non-hydrogen) atoms. The Morgan fingerprint density at radius 1 is 0.309 bits per heavy atom. The normalized spacial score (nSPS) is 12.6. The highest BCUT2D eigenvalue weighted by Crippen LogP contribution is 2.16. The molecule has 392 valence electrons. The van der Waals surface area contributed by atoms with E-state index in [2.05, 4.69) is 87.6 Å². The summed E-state index contributed by atoms with van der Waals surface area (Å²) in [6, 6.07) is 0. The average molecular weight is 950 g/mol. The van der Waals surface area contributed by atoms with E-state index in [4.69, 9.17) is 14.2 Å². The summed E-state index contributed by atoms with van der Waals surface area (Å²) >= 11 is 0. The van der Waals surface area contributed by atoms with Crippen LogP contribution in [-0.4, -0.2) is 37.2 Å². The third kappa shape index (κ3) is 53.8. The number of allylic oxidation sites excluding steroid dienone is 12. The summed E-state index contributed by atoms with van der Waals surface area (Å²) in [5.41, 5.74) is 0. The van der Waals surface area contributed by atoms with Crippen LogP contribution in [0.4, 0.5) is 0 Å². The molecule has 0 fully saturated rings. The highest BCUT2D eigenvalue weighted by Gasteiger charge is 2.19. The van der Waals surface area contributed by atoms with Gasteiger partial charge in [0, 0.05) is 19.3 Å². The van der Waals surface area contributed by atoms with Gasteiger partial charge in [-0.05, 0) is 77.0 Å². The molecule has 0 aliphatic heterocycles. The van der Waals surface area contributed by atoms with E-state index in [1.54, 1.807) is 0 Å². The van der Waals surface area contributed by atoms with Crippen LogP contribution >= 0.6 is 0 Å². The first-order valence-corrected chi connectivity index (χ1v) is 28.9. The van der Waals surface area contributed by atoms with Gasteiger partial charge in [-0.15, -0.1) is 0 Å². The second-order valence-corrected chi connectivity index (χ2v) is 19.2. The summed E-state index contributed by atoms with van der Waals surface area (Å²) in [6.07, 6.45) is 71.9. The molecular weight excluding hydrogens is 841 g/mol. The van der Waals surface area contributed by atoms with E-state index in [0.29, 0.717) is 19.3 Å². The van der Waals surface area contributed by atoms with Gasteiger partial charge >= 0.3 is 17.9 Å². The van der Waals surface area contributed by atoms with E-state index in [0.717, 1.165) is 77.0 Å². The van der Waals surface area contributed by atoms with E-state index in [1.165, 1.54) is 161 Å². The highest BCUT2D eigenvalue weighted by molar-refractivity contribution is 5.71. The molecule has 0 radical (unpaired) electrons. The lowest BCUT2D eigenvalue weighted by Crippen LogP contribution is -2.30. The van der Waals surface area contributed by atoms with Gasteiger partial charge in [0.1, 0.15) is 13.2 Å². The Kier molecular flexibility index (Phi) is 53.8. The summed E-state index contributed by atoms with van der Waals surface area (Å²) < 4.78 is 16.8. The number of esters is 3. The second-order valence-electron chi connectivity index (χ2n) is 19.2. The number of unbranched alkanes of at least 4 members (excludes halogenated alkanes) is 29. The van der Waals surface area contributed by atoms with E-state index in [9.17, 15) is 14.4 Å². The van der Waals surface area contributed by atoms with E-state index < -0.39 is 6.10 Å². The van der Waals surface area contributed by atoms with Crippen molar-refractivity contribution in [3.63, 3.8) is 0 Å². The van der Waals surface area contributed by atoms with Crippen molar-refractivity contribution in [1.82, 2.24) is 0 Å². The van der Waals surface area contributed by atoms with Gasteiger partial charge in [0.15, 0.2) is 6.10 Å². The van der Waals surface area contributed by atoms with Crippen LogP contribution in [0.2, 0.25) is 0 Å². The molecule has 1 atom stereocenters. The molecule has 0 rings (SSSR count). The van der Waals surface area contributed by atoms with Gasteiger partial charge in [0.05, 0.1) is 0 Å². The maximum absolute atomic E-state index is 12.8. The van der Waals surface area contributed by atoms with Gasteiger partial charge in [0.2, 0.25) is 0 Å². The molecule has 0 bridgehead atoms. The quantitative estimate of drug-likeness (QED) is 0.0262. The van der Waals surface area contributed by atoms with Crippen LogP contribution < -0.4 is 0 Å². The zero-order chi connectivity index (χ0) is 49.3.